The van der Waals surface area contributed by atoms with E-state index in [1.165, 1.54) is 25.7 Å². The predicted octanol–water partition coefficient (Wildman–Crippen LogP) is 1.49. The lowest BCUT2D eigenvalue weighted by molar-refractivity contribution is 0.00499. The van der Waals surface area contributed by atoms with Crippen LogP contribution >= 0.6 is 0 Å². The third-order valence-corrected chi connectivity index (χ3v) is 4.01. The molecule has 0 heterocycles. The molecule has 0 aromatic rings. The molecule has 0 amide bonds. The molecule has 76 valence electrons. The van der Waals surface area contributed by atoms with E-state index in [9.17, 15) is 5.11 Å². The molecule has 0 aromatic carbocycles. The summed E-state index contributed by atoms with van der Waals surface area (Å²) in [6, 6.07) is 0.416. The summed E-state index contributed by atoms with van der Waals surface area (Å²) >= 11 is 0. The minimum atomic E-state index is -0.0747. The van der Waals surface area contributed by atoms with E-state index in [2.05, 4.69) is 19.0 Å². The first-order valence-corrected chi connectivity index (χ1v) is 5.53. The smallest absolute Gasteiger partial charge is 0.0698 e. The molecule has 13 heavy (non-hydrogen) atoms. The number of aliphatic hydroxyl groups is 1. The lowest BCUT2D eigenvalue weighted by Gasteiger charge is -2.39. The van der Waals surface area contributed by atoms with Crippen LogP contribution in [0.2, 0.25) is 0 Å². The van der Waals surface area contributed by atoms with Crippen molar-refractivity contribution >= 4 is 0 Å². The second kappa shape index (κ2) is 3.58. The van der Waals surface area contributed by atoms with E-state index in [1.807, 2.05) is 0 Å². The van der Waals surface area contributed by atoms with E-state index in [-0.39, 0.29) is 6.10 Å². The fraction of sp³-hybridized carbons (Fsp3) is 1.00. The summed E-state index contributed by atoms with van der Waals surface area (Å²) in [6.45, 7) is 0. The monoisotopic (exact) mass is 183 g/mol. The normalized spacial score (nSPS) is 45.2. The van der Waals surface area contributed by atoms with Crippen molar-refractivity contribution in [1.29, 1.82) is 0 Å². The lowest BCUT2D eigenvalue weighted by atomic mass is 9.77. The van der Waals surface area contributed by atoms with Gasteiger partial charge in [0.15, 0.2) is 0 Å². The van der Waals surface area contributed by atoms with E-state index >= 15 is 0 Å². The van der Waals surface area contributed by atoms with Crippen LogP contribution in [-0.2, 0) is 0 Å². The van der Waals surface area contributed by atoms with Gasteiger partial charge in [-0.15, -0.1) is 0 Å². The van der Waals surface area contributed by atoms with Gasteiger partial charge in [-0.2, -0.15) is 0 Å². The molecule has 2 aliphatic carbocycles. The van der Waals surface area contributed by atoms with E-state index < -0.39 is 0 Å². The number of likely N-dealkylation sites (N-methyl/N-ethyl adjacent to an activating group) is 1. The third-order valence-electron chi connectivity index (χ3n) is 4.01. The van der Waals surface area contributed by atoms with Crippen molar-refractivity contribution in [3.8, 4) is 0 Å². The highest BCUT2D eigenvalue weighted by molar-refractivity contribution is 4.92. The first-order chi connectivity index (χ1) is 6.18. The van der Waals surface area contributed by atoms with Crippen molar-refractivity contribution in [3.63, 3.8) is 0 Å². The standard InChI is InChI=1S/C11H21NO/c1-12(2)10-6-8-4-3-5-9(8)7-11(10)13/h8-11,13H,3-7H2,1-2H3/t8-,9-,10+,11+/m1/s1. The zero-order valence-corrected chi connectivity index (χ0v) is 8.74. The molecule has 0 bridgehead atoms. The number of hydrogen-bond acceptors (Lipinski definition) is 2. The summed E-state index contributed by atoms with van der Waals surface area (Å²) in [6.07, 6.45) is 6.35. The summed E-state index contributed by atoms with van der Waals surface area (Å²) in [5.74, 6) is 1.75. The Kier molecular flexibility index (Phi) is 2.61. The van der Waals surface area contributed by atoms with Crippen molar-refractivity contribution in [2.75, 3.05) is 14.1 Å². The quantitative estimate of drug-likeness (QED) is 0.665. The molecule has 0 saturated heterocycles. The van der Waals surface area contributed by atoms with Crippen LogP contribution in [-0.4, -0.2) is 36.2 Å². The largest absolute Gasteiger partial charge is 0.391 e. The maximum Gasteiger partial charge on any atom is 0.0698 e. The molecule has 2 heteroatoms. The van der Waals surface area contributed by atoms with Gasteiger partial charge < -0.3 is 10.0 Å². The number of nitrogens with zero attached hydrogens (tertiary/aromatic N) is 1. The average molecular weight is 183 g/mol. The van der Waals surface area contributed by atoms with Crippen LogP contribution < -0.4 is 0 Å². The van der Waals surface area contributed by atoms with Crippen LogP contribution in [0.15, 0.2) is 0 Å². The Hall–Kier alpha value is -0.0800. The maximum absolute atomic E-state index is 9.94. The predicted molar refractivity (Wildman–Crippen MR) is 53.5 cm³/mol. The van der Waals surface area contributed by atoms with E-state index in [4.69, 9.17) is 0 Å². The van der Waals surface area contributed by atoms with Crippen LogP contribution in [0.5, 0.6) is 0 Å². The first-order valence-electron chi connectivity index (χ1n) is 5.53. The molecule has 2 nitrogen and oxygen atoms in total. The summed E-state index contributed by atoms with van der Waals surface area (Å²) in [5.41, 5.74) is 0. The number of rotatable bonds is 1. The van der Waals surface area contributed by atoms with Crippen LogP contribution in [0.3, 0.4) is 0 Å². The van der Waals surface area contributed by atoms with Gasteiger partial charge in [0.25, 0.3) is 0 Å². The van der Waals surface area contributed by atoms with Gasteiger partial charge in [-0.25, -0.2) is 0 Å². The van der Waals surface area contributed by atoms with Gasteiger partial charge in [0.1, 0.15) is 0 Å². The molecule has 2 rings (SSSR count). The van der Waals surface area contributed by atoms with Crippen molar-refractivity contribution in [2.45, 2.75) is 44.2 Å². The average Bonchev–Trinajstić information content (AvgIpc) is 2.48. The van der Waals surface area contributed by atoms with Crippen LogP contribution in [0.4, 0.5) is 0 Å². The molecule has 1 N–H and O–H groups in total. The van der Waals surface area contributed by atoms with Gasteiger partial charge in [-0.3, -0.25) is 0 Å². The minimum absolute atomic E-state index is 0.0747. The van der Waals surface area contributed by atoms with Crippen LogP contribution in [0.25, 0.3) is 0 Å². The van der Waals surface area contributed by atoms with E-state index in [0.717, 1.165) is 18.3 Å². The summed E-state index contributed by atoms with van der Waals surface area (Å²) in [4.78, 5) is 2.19. The van der Waals surface area contributed by atoms with E-state index in [1.54, 1.807) is 0 Å². The van der Waals surface area contributed by atoms with Gasteiger partial charge in [-0.1, -0.05) is 19.3 Å². The highest BCUT2D eigenvalue weighted by Crippen LogP contribution is 2.42. The number of hydrogen-bond donors (Lipinski definition) is 1. The second-order valence-electron chi connectivity index (χ2n) is 5.02. The Labute approximate surface area is 80.9 Å². The van der Waals surface area contributed by atoms with Crippen molar-refractivity contribution in [1.82, 2.24) is 4.90 Å². The minimum Gasteiger partial charge on any atom is -0.391 e. The highest BCUT2D eigenvalue weighted by Gasteiger charge is 2.39. The molecule has 0 aliphatic heterocycles. The first kappa shape index (κ1) is 9.47. The topological polar surface area (TPSA) is 23.5 Å². The zero-order valence-electron chi connectivity index (χ0n) is 8.74. The number of fused-ring (bicyclic) bond motifs is 1. The number of aliphatic hydroxyl groups excluding tert-OH is 1. The summed E-state index contributed by atoms with van der Waals surface area (Å²) in [5, 5.41) is 9.94. The molecule has 2 saturated carbocycles. The molecule has 0 aromatic heterocycles. The third kappa shape index (κ3) is 1.75. The van der Waals surface area contributed by atoms with Crippen LogP contribution in [0, 0.1) is 11.8 Å². The molecule has 0 spiro atoms. The second-order valence-corrected chi connectivity index (χ2v) is 5.02. The maximum atomic E-state index is 9.94. The molecule has 2 fully saturated rings. The molecule has 2 aliphatic rings. The summed E-state index contributed by atoms with van der Waals surface area (Å²) in [7, 11) is 4.17. The van der Waals surface area contributed by atoms with Crippen LogP contribution in [0.1, 0.15) is 32.1 Å². The Balaban J connectivity index is 2.01. The van der Waals surface area contributed by atoms with Gasteiger partial charge in [0.05, 0.1) is 6.10 Å². The Morgan fingerprint density at radius 3 is 2.31 bits per heavy atom. The molecule has 0 unspecified atom stereocenters. The lowest BCUT2D eigenvalue weighted by Crippen LogP contribution is -2.45. The Bertz CT molecular complexity index is 181. The molecular formula is C11H21NO. The molecular weight excluding hydrogens is 162 g/mol. The van der Waals surface area contributed by atoms with Crippen molar-refractivity contribution < 1.29 is 5.11 Å². The summed E-state index contributed by atoms with van der Waals surface area (Å²) < 4.78 is 0. The Morgan fingerprint density at radius 2 is 1.69 bits per heavy atom. The zero-order chi connectivity index (χ0) is 9.42. The molecule has 0 radical (unpaired) electrons. The fourth-order valence-electron chi connectivity index (χ4n) is 3.22. The van der Waals surface area contributed by atoms with E-state index in [0.29, 0.717) is 6.04 Å². The van der Waals surface area contributed by atoms with Crippen molar-refractivity contribution in [3.05, 3.63) is 0 Å². The van der Waals surface area contributed by atoms with Gasteiger partial charge in [0.2, 0.25) is 0 Å². The SMILES string of the molecule is CN(C)[C@H]1C[C@H]2CCC[C@@H]2C[C@@H]1O. The molecule has 4 atom stereocenters. The van der Waals surface area contributed by atoms with Gasteiger partial charge in [0, 0.05) is 6.04 Å². The van der Waals surface area contributed by atoms with Crippen molar-refractivity contribution in [2.24, 2.45) is 11.8 Å². The fourth-order valence-corrected chi connectivity index (χ4v) is 3.22. The van der Waals surface area contributed by atoms with Gasteiger partial charge in [-0.05, 0) is 38.8 Å². The Morgan fingerprint density at radius 1 is 1.08 bits per heavy atom. The van der Waals surface area contributed by atoms with Gasteiger partial charge >= 0.3 is 0 Å². The highest BCUT2D eigenvalue weighted by atomic mass is 16.3.